The van der Waals surface area contributed by atoms with Crippen molar-refractivity contribution in [1.82, 2.24) is 0 Å². The lowest BCUT2D eigenvalue weighted by Gasteiger charge is -2.28. The van der Waals surface area contributed by atoms with Gasteiger partial charge in [0.05, 0.1) is 5.69 Å². The van der Waals surface area contributed by atoms with Crippen molar-refractivity contribution < 1.29 is 19.5 Å². The summed E-state index contributed by atoms with van der Waals surface area (Å²) in [6, 6.07) is 5.15. The van der Waals surface area contributed by atoms with Crippen LogP contribution in [0, 0.1) is 12.8 Å². The Bertz CT molecular complexity index is 615. The van der Waals surface area contributed by atoms with Crippen molar-refractivity contribution >= 4 is 29.5 Å². The molecule has 0 aromatic heterocycles. The van der Waals surface area contributed by atoms with Crippen LogP contribution < -0.4 is 4.90 Å². The van der Waals surface area contributed by atoms with Crippen molar-refractivity contribution in [1.29, 1.82) is 0 Å². The Morgan fingerprint density at radius 1 is 1.29 bits per heavy atom. The molecule has 0 unspecified atom stereocenters. The minimum Gasteiger partial charge on any atom is -0.478 e. The molecule has 5 nitrogen and oxygen atoms in total. The van der Waals surface area contributed by atoms with Gasteiger partial charge in [0.2, 0.25) is 11.8 Å². The second-order valence-electron chi connectivity index (χ2n) is 5.35. The molecule has 0 saturated carbocycles. The number of carbonyl (C=O) groups is 3. The van der Waals surface area contributed by atoms with E-state index in [9.17, 15) is 14.4 Å². The Morgan fingerprint density at radius 3 is 2.48 bits per heavy atom. The average Bonchev–Trinajstić information content (AvgIpc) is 2.37. The van der Waals surface area contributed by atoms with Gasteiger partial charge in [0.1, 0.15) is 0 Å². The lowest BCUT2D eigenvalue weighted by atomic mass is 9.96. The minimum atomic E-state index is -1.04. The number of piperidine rings is 1. The number of aryl methyl sites for hydroxylation is 1. The van der Waals surface area contributed by atoms with Gasteiger partial charge < -0.3 is 5.11 Å². The fourth-order valence-corrected chi connectivity index (χ4v) is 2.39. The molecule has 0 bridgehead atoms. The van der Waals surface area contributed by atoms with E-state index < -0.39 is 5.97 Å². The predicted octanol–water partition coefficient (Wildman–Crippen LogP) is 2.38. The van der Waals surface area contributed by atoms with Crippen LogP contribution in [-0.2, 0) is 14.4 Å². The molecule has 1 fully saturated rings. The summed E-state index contributed by atoms with van der Waals surface area (Å²) in [6.07, 6.45) is 3.19. The van der Waals surface area contributed by atoms with Gasteiger partial charge in [-0.25, -0.2) is 4.79 Å². The molecule has 1 aromatic carbocycles. The summed E-state index contributed by atoms with van der Waals surface area (Å²) in [5.41, 5.74) is 2.04. The Morgan fingerprint density at radius 2 is 1.90 bits per heavy atom. The van der Waals surface area contributed by atoms with Gasteiger partial charge in [-0.2, -0.15) is 0 Å². The molecule has 0 atom stereocenters. The highest BCUT2D eigenvalue weighted by Gasteiger charge is 2.31. The number of nitrogens with zero attached hydrogens (tertiary/aromatic N) is 1. The van der Waals surface area contributed by atoms with Crippen LogP contribution in [0.3, 0.4) is 0 Å². The van der Waals surface area contributed by atoms with Crippen LogP contribution in [0.5, 0.6) is 0 Å². The number of hydrogen-bond acceptors (Lipinski definition) is 3. The number of benzene rings is 1. The van der Waals surface area contributed by atoms with Crippen LogP contribution in [0.4, 0.5) is 5.69 Å². The molecule has 21 heavy (non-hydrogen) atoms. The molecule has 110 valence electrons. The minimum absolute atomic E-state index is 0.0677. The Hall–Kier alpha value is -2.43. The van der Waals surface area contributed by atoms with E-state index in [-0.39, 0.29) is 17.7 Å². The van der Waals surface area contributed by atoms with Crippen molar-refractivity contribution in [3.8, 4) is 0 Å². The van der Waals surface area contributed by atoms with Crippen molar-refractivity contribution in [2.45, 2.75) is 26.7 Å². The third-order valence-electron chi connectivity index (χ3n) is 3.47. The average molecular weight is 287 g/mol. The number of aliphatic carboxylic acids is 1. The molecule has 1 aliphatic heterocycles. The number of carboxylic acids is 1. The first-order chi connectivity index (χ1) is 9.88. The number of carboxylic acid groups (broad SMARTS) is 1. The number of hydrogen-bond donors (Lipinski definition) is 1. The van der Waals surface area contributed by atoms with Crippen LogP contribution in [0.15, 0.2) is 24.3 Å². The highest BCUT2D eigenvalue weighted by atomic mass is 16.4. The highest BCUT2D eigenvalue weighted by molar-refractivity contribution is 6.16. The van der Waals surface area contributed by atoms with E-state index in [1.54, 1.807) is 18.2 Å². The maximum Gasteiger partial charge on any atom is 0.328 e. The third kappa shape index (κ3) is 3.37. The molecule has 1 N–H and O–H groups in total. The first-order valence-electron chi connectivity index (χ1n) is 6.76. The lowest BCUT2D eigenvalue weighted by Crippen LogP contribution is -2.42. The zero-order valence-electron chi connectivity index (χ0n) is 12.0. The van der Waals surface area contributed by atoms with Crippen LogP contribution in [-0.4, -0.2) is 22.9 Å². The molecule has 0 radical (unpaired) electrons. The standard InChI is InChI=1S/C16H17NO4/c1-10-7-14(18)17(15(19)8-10)13-5-3-11(2)12(9-13)4-6-16(20)21/h3-6,9-10H,7-8H2,1-2H3,(H,20,21). The van der Waals surface area contributed by atoms with E-state index in [0.717, 1.165) is 11.6 Å². The van der Waals surface area contributed by atoms with E-state index in [0.29, 0.717) is 24.1 Å². The monoisotopic (exact) mass is 287 g/mol. The van der Waals surface area contributed by atoms with Crippen molar-refractivity contribution in [3.05, 3.63) is 35.4 Å². The molecule has 1 aromatic rings. The molecular formula is C16H17NO4. The van der Waals surface area contributed by atoms with Crippen LogP contribution in [0.2, 0.25) is 0 Å². The second-order valence-corrected chi connectivity index (χ2v) is 5.35. The van der Waals surface area contributed by atoms with Gasteiger partial charge in [0.15, 0.2) is 0 Å². The van der Waals surface area contributed by atoms with Gasteiger partial charge in [-0.05, 0) is 42.2 Å². The number of rotatable bonds is 3. The predicted molar refractivity (Wildman–Crippen MR) is 78.7 cm³/mol. The topological polar surface area (TPSA) is 74.7 Å². The maximum absolute atomic E-state index is 12.1. The van der Waals surface area contributed by atoms with E-state index in [2.05, 4.69) is 0 Å². The van der Waals surface area contributed by atoms with E-state index in [1.165, 1.54) is 11.0 Å². The zero-order valence-corrected chi connectivity index (χ0v) is 12.0. The summed E-state index contributed by atoms with van der Waals surface area (Å²) < 4.78 is 0. The van der Waals surface area contributed by atoms with Crippen molar-refractivity contribution in [2.24, 2.45) is 5.92 Å². The highest BCUT2D eigenvalue weighted by Crippen LogP contribution is 2.27. The van der Waals surface area contributed by atoms with Crippen LogP contribution in [0.1, 0.15) is 30.9 Å². The molecule has 0 aliphatic carbocycles. The Labute approximate surface area is 122 Å². The number of carbonyl (C=O) groups excluding carboxylic acids is 2. The van der Waals surface area contributed by atoms with E-state index >= 15 is 0 Å². The first-order valence-corrected chi connectivity index (χ1v) is 6.76. The largest absolute Gasteiger partial charge is 0.478 e. The third-order valence-corrected chi connectivity index (χ3v) is 3.47. The second kappa shape index (κ2) is 5.91. The SMILES string of the molecule is Cc1ccc(N2C(=O)CC(C)CC2=O)cc1C=CC(=O)O. The summed E-state index contributed by atoms with van der Waals surface area (Å²) in [5, 5.41) is 8.69. The van der Waals surface area contributed by atoms with Crippen molar-refractivity contribution in [2.75, 3.05) is 4.90 Å². The van der Waals surface area contributed by atoms with Crippen LogP contribution >= 0.6 is 0 Å². The summed E-state index contributed by atoms with van der Waals surface area (Å²) in [4.78, 5) is 35.9. The molecule has 2 amide bonds. The Kier molecular flexibility index (Phi) is 4.21. The fourth-order valence-electron chi connectivity index (χ4n) is 2.39. The van der Waals surface area contributed by atoms with Gasteiger partial charge in [0, 0.05) is 18.9 Å². The van der Waals surface area contributed by atoms with E-state index in [1.807, 2.05) is 13.8 Å². The summed E-state index contributed by atoms with van der Waals surface area (Å²) >= 11 is 0. The lowest BCUT2D eigenvalue weighted by molar-refractivity contribution is -0.132. The van der Waals surface area contributed by atoms with Gasteiger partial charge in [-0.1, -0.05) is 13.0 Å². The smallest absolute Gasteiger partial charge is 0.328 e. The van der Waals surface area contributed by atoms with Gasteiger partial charge in [-0.3, -0.25) is 14.5 Å². The summed E-state index contributed by atoms with van der Waals surface area (Å²) in [6.45, 7) is 3.72. The molecular weight excluding hydrogens is 270 g/mol. The van der Waals surface area contributed by atoms with Gasteiger partial charge in [-0.15, -0.1) is 0 Å². The summed E-state index contributed by atoms with van der Waals surface area (Å²) in [7, 11) is 0. The molecule has 5 heteroatoms. The van der Waals surface area contributed by atoms with Gasteiger partial charge >= 0.3 is 5.97 Å². The zero-order chi connectivity index (χ0) is 15.6. The van der Waals surface area contributed by atoms with Crippen LogP contribution in [0.25, 0.3) is 6.08 Å². The van der Waals surface area contributed by atoms with E-state index in [4.69, 9.17) is 5.11 Å². The van der Waals surface area contributed by atoms with Gasteiger partial charge in [0.25, 0.3) is 0 Å². The Balaban J connectivity index is 2.36. The molecule has 0 spiro atoms. The molecule has 1 heterocycles. The summed E-state index contributed by atoms with van der Waals surface area (Å²) in [5.74, 6) is -1.40. The number of anilines is 1. The number of imide groups is 1. The maximum atomic E-state index is 12.1. The quantitative estimate of drug-likeness (QED) is 0.684. The number of amides is 2. The molecule has 1 aliphatic rings. The van der Waals surface area contributed by atoms with Crippen molar-refractivity contribution in [3.63, 3.8) is 0 Å². The normalized spacial score (nSPS) is 16.8. The fraction of sp³-hybridized carbons (Fsp3) is 0.312. The first kappa shape index (κ1) is 15.0. The molecule has 1 saturated heterocycles. The molecule has 2 rings (SSSR count).